The van der Waals surface area contributed by atoms with E-state index < -0.39 is 0 Å². The SMILES string of the molecule is CN=C(NCCc1ccco1)NCc1ccccc1CN1CC(C)OC(C)C1.I. The highest BCUT2D eigenvalue weighted by atomic mass is 127. The maximum absolute atomic E-state index is 5.86. The van der Waals surface area contributed by atoms with Crippen molar-refractivity contribution in [2.75, 3.05) is 26.7 Å². The third kappa shape index (κ3) is 7.64. The molecule has 160 valence electrons. The molecule has 0 spiro atoms. The Morgan fingerprint density at radius 3 is 2.45 bits per heavy atom. The van der Waals surface area contributed by atoms with Crippen LogP contribution in [0, 0.1) is 0 Å². The van der Waals surface area contributed by atoms with E-state index in [4.69, 9.17) is 9.15 Å². The Hall–Kier alpha value is -1.58. The van der Waals surface area contributed by atoms with Crippen molar-refractivity contribution >= 4 is 29.9 Å². The lowest BCUT2D eigenvalue weighted by molar-refractivity contribution is -0.0705. The largest absolute Gasteiger partial charge is 0.469 e. The zero-order valence-electron chi connectivity index (χ0n) is 17.6. The highest BCUT2D eigenvalue weighted by molar-refractivity contribution is 14.0. The topological polar surface area (TPSA) is 62.0 Å². The van der Waals surface area contributed by atoms with Crippen LogP contribution >= 0.6 is 24.0 Å². The first-order chi connectivity index (χ1) is 13.6. The van der Waals surface area contributed by atoms with Crippen molar-refractivity contribution in [1.29, 1.82) is 0 Å². The van der Waals surface area contributed by atoms with Gasteiger partial charge in [0, 0.05) is 46.2 Å². The summed E-state index contributed by atoms with van der Waals surface area (Å²) in [6.07, 6.45) is 3.10. The number of morpholine rings is 1. The van der Waals surface area contributed by atoms with Crippen molar-refractivity contribution in [3.8, 4) is 0 Å². The lowest BCUT2D eigenvalue weighted by Gasteiger charge is -2.35. The maximum Gasteiger partial charge on any atom is 0.191 e. The van der Waals surface area contributed by atoms with E-state index in [1.165, 1.54) is 11.1 Å². The average molecular weight is 512 g/mol. The Balaban J connectivity index is 0.00000300. The molecule has 6 nitrogen and oxygen atoms in total. The molecule has 2 heterocycles. The molecule has 1 saturated heterocycles. The van der Waals surface area contributed by atoms with Gasteiger partial charge in [-0.05, 0) is 37.1 Å². The Labute approximate surface area is 191 Å². The molecule has 1 aliphatic rings. The number of rotatable bonds is 7. The molecular formula is C22H33IN4O2. The van der Waals surface area contributed by atoms with E-state index >= 15 is 0 Å². The number of guanidine groups is 1. The van der Waals surface area contributed by atoms with E-state index in [2.05, 4.69) is 58.6 Å². The number of hydrogen-bond acceptors (Lipinski definition) is 4. The average Bonchev–Trinajstić information content (AvgIpc) is 3.18. The number of hydrogen-bond donors (Lipinski definition) is 2. The molecular weight excluding hydrogens is 479 g/mol. The van der Waals surface area contributed by atoms with Gasteiger partial charge in [-0.1, -0.05) is 24.3 Å². The predicted molar refractivity (Wildman–Crippen MR) is 128 cm³/mol. The summed E-state index contributed by atoms with van der Waals surface area (Å²) in [5.41, 5.74) is 2.64. The first-order valence-electron chi connectivity index (χ1n) is 10.1. The number of halogens is 1. The summed E-state index contributed by atoms with van der Waals surface area (Å²) in [4.78, 5) is 6.80. The molecule has 0 amide bonds. The summed E-state index contributed by atoms with van der Waals surface area (Å²) in [5.74, 6) is 1.78. The standard InChI is InChI=1S/C22H32N4O2.HI/c1-17-14-26(15-18(2)28-17)16-20-8-5-4-7-19(20)13-25-22(23-3)24-11-10-21-9-6-12-27-21;/h4-9,12,17-18H,10-11,13-16H2,1-3H3,(H2,23,24,25);1H. The van der Waals surface area contributed by atoms with Gasteiger partial charge in [0.25, 0.3) is 0 Å². The van der Waals surface area contributed by atoms with Gasteiger partial charge in [-0.25, -0.2) is 0 Å². The van der Waals surface area contributed by atoms with Crippen molar-refractivity contribution in [1.82, 2.24) is 15.5 Å². The molecule has 7 heteroatoms. The van der Waals surface area contributed by atoms with Crippen LogP contribution in [0.25, 0.3) is 0 Å². The summed E-state index contributed by atoms with van der Waals surface area (Å²) >= 11 is 0. The lowest BCUT2D eigenvalue weighted by atomic mass is 10.1. The number of aliphatic imine (C=N–C) groups is 1. The summed E-state index contributed by atoms with van der Waals surface area (Å²) in [6.45, 7) is 8.71. The summed E-state index contributed by atoms with van der Waals surface area (Å²) in [6, 6.07) is 12.5. The quantitative estimate of drug-likeness (QED) is 0.338. The third-order valence-corrected chi connectivity index (χ3v) is 4.92. The number of ether oxygens (including phenoxy) is 1. The summed E-state index contributed by atoms with van der Waals surface area (Å²) < 4.78 is 11.2. The van der Waals surface area contributed by atoms with Crippen LogP contribution in [0.5, 0.6) is 0 Å². The van der Waals surface area contributed by atoms with E-state index in [0.717, 1.165) is 50.9 Å². The fourth-order valence-corrected chi connectivity index (χ4v) is 3.70. The number of benzene rings is 1. The second-order valence-electron chi connectivity index (χ2n) is 7.40. The molecule has 0 aliphatic carbocycles. The molecule has 2 atom stereocenters. The minimum absolute atomic E-state index is 0. The van der Waals surface area contributed by atoms with Crippen molar-refractivity contribution in [2.45, 2.75) is 45.6 Å². The molecule has 1 aromatic heterocycles. The third-order valence-electron chi connectivity index (χ3n) is 4.92. The lowest BCUT2D eigenvalue weighted by Crippen LogP contribution is -2.45. The van der Waals surface area contributed by atoms with Gasteiger partial charge in [0.2, 0.25) is 0 Å². The highest BCUT2D eigenvalue weighted by Gasteiger charge is 2.22. The second-order valence-corrected chi connectivity index (χ2v) is 7.40. The normalized spacial score (nSPS) is 20.2. The van der Waals surface area contributed by atoms with Gasteiger partial charge in [0.15, 0.2) is 5.96 Å². The van der Waals surface area contributed by atoms with Crippen molar-refractivity contribution in [3.05, 3.63) is 59.5 Å². The minimum atomic E-state index is 0. The molecule has 2 unspecified atom stereocenters. The van der Waals surface area contributed by atoms with Gasteiger partial charge in [0.05, 0.1) is 18.5 Å². The van der Waals surface area contributed by atoms with Gasteiger partial charge in [-0.2, -0.15) is 0 Å². The number of furan rings is 1. The summed E-state index contributed by atoms with van der Waals surface area (Å²) in [5, 5.41) is 6.77. The van der Waals surface area contributed by atoms with Crippen LogP contribution in [0.2, 0.25) is 0 Å². The Kier molecular flexibility index (Phi) is 9.96. The fourth-order valence-electron chi connectivity index (χ4n) is 3.70. The number of nitrogens with one attached hydrogen (secondary N) is 2. The van der Waals surface area contributed by atoms with Gasteiger partial charge in [-0.15, -0.1) is 24.0 Å². The van der Waals surface area contributed by atoms with Crippen LogP contribution in [0.1, 0.15) is 30.7 Å². The molecule has 29 heavy (non-hydrogen) atoms. The van der Waals surface area contributed by atoms with Crippen molar-refractivity contribution < 1.29 is 9.15 Å². The molecule has 1 aromatic carbocycles. The van der Waals surface area contributed by atoms with Crippen LogP contribution in [0.15, 0.2) is 52.1 Å². The van der Waals surface area contributed by atoms with Crippen LogP contribution in [0.4, 0.5) is 0 Å². The fraction of sp³-hybridized carbons (Fsp3) is 0.500. The Morgan fingerprint density at radius 2 is 1.79 bits per heavy atom. The van der Waals surface area contributed by atoms with Crippen LogP contribution in [-0.4, -0.2) is 49.7 Å². The van der Waals surface area contributed by atoms with Gasteiger partial charge < -0.3 is 19.8 Å². The van der Waals surface area contributed by atoms with Crippen LogP contribution in [0.3, 0.4) is 0 Å². The monoisotopic (exact) mass is 512 g/mol. The van der Waals surface area contributed by atoms with Gasteiger partial charge in [-0.3, -0.25) is 9.89 Å². The molecule has 2 aromatic rings. The molecule has 0 saturated carbocycles. The smallest absolute Gasteiger partial charge is 0.191 e. The molecule has 1 aliphatic heterocycles. The summed E-state index contributed by atoms with van der Waals surface area (Å²) in [7, 11) is 1.80. The zero-order valence-corrected chi connectivity index (χ0v) is 19.9. The van der Waals surface area contributed by atoms with Crippen LogP contribution < -0.4 is 10.6 Å². The first-order valence-corrected chi connectivity index (χ1v) is 10.1. The van der Waals surface area contributed by atoms with E-state index in [1.54, 1.807) is 13.3 Å². The maximum atomic E-state index is 5.86. The van der Waals surface area contributed by atoms with Crippen LogP contribution in [-0.2, 0) is 24.2 Å². The minimum Gasteiger partial charge on any atom is -0.469 e. The van der Waals surface area contributed by atoms with E-state index in [1.807, 2.05) is 12.1 Å². The van der Waals surface area contributed by atoms with E-state index in [0.29, 0.717) is 0 Å². The zero-order chi connectivity index (χ0) is 19.8. The van der Waals surface area contributed by atoms with Gasteiger partial charge >= 0.3 is 0 Å². The Bertz CT molecular complexity index is 741. The molecule has 2 N–H and O–H groups in total. The van der Waals surface area contributed by atoms with Crippen molar-refractivity contribution in [2.24, 2.45) is 4.99 Å². The van der Waals surface area contributed by atoms with E-state index in [9.17, 15) is 0 Å². The van der Waals surface area contributed by atoms with Crippen molar-refractivity contribution in [3.63, 3.8) is 0 Å². The molecule has 0 bridgehead atoms. The van der Waals surface area contributed by atoms with E-state index in [-0.39, 0.29) is 36.2 Å². The Morgan fingerprint density at radius 1 is 1.07 bits per heavy atom. The molecule has 0 radical (unpaired) electrons. The molecule has 3 rings (SSSR count). The predicted octanol–water partition coefficient (Wildman–Crippen LogP) is 3.41. The highest BCUT2D eigenvalue weighted by Crippen LogP contribution is 2.17. The number of nitrogens with zero attached hydrogens (tertiary/aromatic N) is 2. The second kappa shape index (κ2) is 12.2. The molecule has 1 fully saturated rings. The van der Waals surface area contributed by atoms with Gasteiger partial charge in [0.1, 0.15) is 5.76 Å². The first kappa shape index (κ1) is 23.7.